The molecule has 0 bridgehead atoms. The average Bonchev–Trinajstić information content (AvgIpc) is 3.36. The molecule has 1 aliphatic rings. The lowest BCUT2D eigenvalue weighted by molar-refractivity contribution is 0.472. The number of anilines is 1. The van der Waals surface area contributed by atoms with Crippen LogP contribution in [-0.4, -0.2) is 31.1 Å². The molecular formula is C23H24F2N6. The third-order valence-corrected chi connectivity index (χ3v) is 5.72. The first-order chi connectivity index (χ1) is 15.1. The van der Waals surface area contributed by atoms with E-state index < -0.39 is 6.67 Å². The van der Waals surface area contributed by atoms with Crippen LogP contribution in [0, 0.1) is 5.82 Å². The Morgan fingerprint density at radius 3 is 2.87 bits per heavy atom. The van der Waals surface area contributed by atoms with E-state index >= 15 is 0 Å². The molecular weight excluding hydrogens is 398 g/mol. The molecule has 3 heterocycles. The summed E-state index contributed by atoms with van der Waals surface area (Å²) < 4.78 is 30.3. The second-order valence-electron chi connectivity index (χ2n) is 8.08. The molecule has 0 saturated heterocycles. The molecule has 6 nitrogen and oxygen atoms in total. The summed E-state index contributed by atoms with van der Waals surface area (Å²) in [5, 5.41) is 12.2. The number of aromatic nitrogens is 5. The minimum Gasteiger partial charge on any atom is -0.363 e. The van der Waals surface area contributed by atoms with Crippen molar-refractivity contribution in [2.24, 2.45) is 0 Å². The van der Waals surface area contributed by atoms with Gasteiger partial charge < -0.3 is 5.32 Å². The van der Waals surface area contributed by atoms with Gasteiger partial charge in [-0.2, -0.15) is 10.2 Å². The highest BCUT2D eigenvalue weighted by Gasteiger charge is 2.25. The van der Waals surface area contributed by atoms with Gasteiger partial charge in [-0.05, 0) is 61.9 Å². The topological polar surface area (TPSA) is 60.0 Å². The van der Waals surface area contributed by atoms with Crippen LogP contribution >= 0.6 is 0 Å². The maximum absolute atomic E-state index is 13.9. The fraction of sp³-hybridized carbons (Fsp3) is 0.348. The Balaban J connectivity index is 1.42. The standard InChI is InChI=1S/C23H24F2N6/c1-15(20-11-18(25)5-4-16(20)3-2-9-24)28-22-8-10-30-23(29-22)21(13-27-30)17-12-26-31(14-17)19-6-7-19/h4-5,8,10-15,19H,2-3,6-7,9H2,1H3,(H,28,29). The lowest BCUT2D eigenvalue weighted by Gasteiger charge is -2.19. The summed E-state index contributed by atoms with van der Waals surface area (Å²) in [4.78, 5) is 4.76. The lowest BCUT2D eigenvalue weighted by Crippen LogP contribution is -2.11. The SMILES string of the molecule is CC(Nc1ccn2ncc(-c3cnn(C4CC4)c3)c2n1)c1cc(F)ccc1CCCF. The molecule has 4 aromatic rings. The Morgan fingerprint density at radius 2 is 2.06 bits per heavy atom. The van der Waals surface area contributed by atoms with Gasteiger partial charge in [0, 0.05) is 23.5 Å². The maximum atomic E-state index is 13.9. The van der Waals surface area contributed by atoms with Crippen LogP contribution in [-0.2, 0) is 6.42 Å². The summed E-state index contributed by atoms with van der Waals surface area (Å²) >= 11 is 0. The highest BCUT2D eigenvalue weighted by atomic mass is 19.1. The van der Waals surface area contributed by atoms with Gasteiger partial charge in [0.05, 0.1) is 31.2 Å². The number of alkyl halides is 1. The van der Waals surface area contributed by atoms with Crippen LogP contribution in [0.15, 0.2) is 49.1 Å². The molecule has 1 saturated carbocycles. The zero-order valence-corrected chi connectivity index (χ0v) is 17.3. The molecule has 3 aromatic heterocycles. The first kappa shape index (κ1) is 19.7. The molecule has 1 atom stereocenters. The van der Waals surface area contributed by atoms with Gasteiger partial charge in [0.25, 0.3) is 0 Å². The molecule has 1 fully saturated rings. The molecule has 31 heavy (non-hydrogen) atoms. The van der Waals surface area contributed by atoms with Crippen molar-refractivity contribution in [1.29, 1.82) is 0 Å². The first-order valence-corrected chi connectivity index (χ1v) is 10.6. The molecule has 0 amide bonds. The van der Waals surface area contributed by atoms with Crippen molar-refractivity contribution < 1.29 is 8.78 Å². The monoisotopic (exact) mass is 422 g/mol. The van der Waals surface area contributed by atoms with Crippen LogP contribution in [0.4, 0.5) is 14.6 Å². The summed E-state index contributed by atoms with van der Waals surface area (Å²) in [7, 11) is 0. The zero-order chi connectivity index (χ0) is 21.4. The molecule has 0 aliphatic heterocycles. The minimum atomic E-state index is -0.391. The van der Waals surface area contributed by atoms with Crippen molar-refractivity contribution in [3.63, 3.8) is 0 Å². The van der Waals surface area contributed by atoms with Crippen LogP contribution in [0.25, 0.3) is 16.8 Å². The summed E-state index contributed by atoms with van der Waals surface area (Å²) in [5.41, 5.74) is 4.38. The van der Waals surface area contributed by atoms with E-state index in [1.807, 2.05) is 36.3 Å². The number of hydrogen-bond acceptors (Lipinski definition) is 4. The summed E-state index contributed by atoms with van der Waals surface area (Å²) in [6, 6.07) is 6.84. The number of aryl methyl sites for hydroxylation is 1. The van der Waals surface area contributed by atoms with E-state index in [-0.39, 0.29) is 11.9 Å². The smallest absolute Gasteiger partial charge is 0.165 e. The molecule has 1 unspecified atom stereocenters. The number of halogens is 2. The zero-order valence-electron chi connectivity index (χ0n) is 17.3. The molecule has 8 heteroatoms. The number of nitrogens with zero attached hydrogens (tertiary/aromatic N) is 5. The number of fused-ring (bicyclic) bond motifs is 1. The first-order valence-electron chi connectivity index (χ1n) is 10.6. The normalized spacial score (nSPS) is 14.8. The van der Waals surface area contributed by atoms with Gasteiger partial charge in [0.15, 0.2) is 5.65 Å². The summed E-state index contributed by atoms with van der Waals surface area (Å²) in [6.45, 7) is 1.56. The molecule has 0 radical (unpaired) electrons. The van der Waals surface area contributed by atoms with Gasteiger partial charge in [-0.25, -0.2) is 13.9 Å². The predicted octanol–water partition coefficient (Wildman–Crippen LogP) is 5.14. The van der Waals surface area contributed by atoms with Crippen molar-refractivity contribution in [3.05, 3.63) is 66.0 Å². The van der Waals surface area contributed by atoms with E-state index in [1.54, 1.807) is 16.8 Å². The average molecular weight is 422 g/mol. The Bertz CT molecular complexity index is 1210. The third-order valence-electron chi connectivity index (χ3n) is 5.72. The quantitative estimate of drug-likeness (QED) is 0.427. The fourth-order valence-corrected chi connectivity index (χ4v) is 3.92. The van der Waals surface area contributed by atoms with Crippen LogP contribution in [0.5, 0.6) is 0 Å². The second-order valence-corrected chi connectivity index (χ2v) is 8.08. The van der Waals surface area contributed by atoms with Gasteiger partial charge in [-0.3, -0.25) is 9.07 Å². The van der Waals surface area contributed by atoms with E-state index in [4.69, 9.17) is 4.98 Å². The van der Waals surface area contributed by atoms with Crippen LogP contribution in [0.1, 0.15) is 49.4 Å². The van der Waals surface area contributed by atoms with Crippen LogP contribution < -0.4 is 5.32 Å². The highest BCUT2D eigenvalue weighted by Crippen LogP contribution is 2.35. The molecule has 1 N–H and O–H groups in total. The Hall–Kier alpha value is -3.29. The lowest BCUT2D eigenvalue weighted by atomic mass is 9.98. The maximum Gasteiger partial charge on any atom is 0.165 e. The van der Waals surface area contributed by atoms with E-state index in [0.717, 1.165) is 27.9 Å². The molecule has 5 rings (SSSR count). The van der Waals surface area contributed by atoms with Gasteiger partial charge in [0.1, 0.15) is 11.6 Å². The van der Waals surface area contributed by atoms with E-state index in [9.17, 15) is 8.78 Å². The van der Waals surface area contributed by atoms with Gasteiger partial charge >= 0.3 is 0 Å². The van der Waals surface area contributed by atoms with E-state index in [1.165, 1.54) is 25.0 Å². The highest BCUT2D eigenvalue weighted by molar-refractivity contribution is 5.76. The molecule has 1 aromatic carbocycles. The number of benzene rings is 1. The summed E-state index contributed by atoms with van der Waals surface area (Å²) in [6.07, 6.45) is 10.9. The van der Waals surface area contributed by atoms with E-state index in [2.05, 4.69) is 15.5 Å². The Kier molecular flexibility index (Phi) is 5.13. The predicted molar refractivity (Wildman–Crippen MR) is 115 cm³/mol. The van der Waals surface area contributed by atoms with Crippen molar-refractivity contribution in [2.45, 2.75) is 44.7 Å². The molecule has 1 aliphatic carbocycles. The number of nitrogens with one attached hydrogen (secondary N) is 1. The van der Waals surface area contributed by atoms with Crippen molar-refractivity contribution >= 4 is 11.5 Å². The number of hydrogen-bond donors (Lipinski definition) is 1. The van der Waals surface area contributed by atoms with Crippen molar-refractivity contribution in [3.8, 4) is 11.1 Å². The summed E-state index contributed by atoms with van der Waals surface area (Å²) in [5.74, 6) is 0.360. The number of rotatable bonds is 8. The third kappa shape index (κ3) is 4.02. The Labute approximate surface area is 178 Å². The Morgan fingerprint density at radius 1 is 1.19 bits per heavy atom. The van der Waals surface area contributed by atoms with Crippen LogP contribution in [0.3, 0.4) is 0 Å². The van der Waals surface area contributed by atoms with Gasteiger partial charge in [-0.1, -0.05) is 6.07 Å². The fourth-order valence-electron chi connectivity index (χ4n) is 3.92. The largest absolute Gasteiger partial charge is 0.363 e. The van der Waals surface area contributed by atoms with E-state index in [0.29, 0.717) is 24.7 Å². The van der Waals surface area contributed by atoms with Crippen molar-refractivity contribution in [2.75, 3.05) is 12.0 Å². The van der Waals surface area contributed by atoms with Crippen molar-refractivity contribution in [1.82, 2.24) is 24.4 Å². The van der Waals surface area contributed by atoms with Gasteiger partial charge in [0.2, 0.25) is 0 Å². The minimum absolute atomic E-state index is 0.191. The molecule has 160 valence electrons. The second kappa shape index (κ2) is 8.09. The van der Waals surface area contributed by atoms with Crippen LogP contribution in [0.2, 0.25) is 0 Å². The van der Waals surface area contributed by atoms with Gasteiger partial charge in [-0.15, -0.1) is 0 Å². The molecule has 0 spiro atoms.